The van der Waals surface area contributed by atoms with Crippen LogP contribution >= 0.6 is 0 Å². The standard InChI is InChI=1S/C23H20O2/c1-17-14-19-10-7-13-21(20(19)15-17)25-23-12-6-5-11-22(23)24-16-18-8-3-2-4-9-18/h2-13,15H,14,16H2,1H3. The first kappa shape index (κ1) is 15.5. The number of para-hydroxylation sites is 2. The Labute approximate surface area is 148 Å². The van der Waals surface area contributed by atoms with Crippen molar-refractivity contribution in [2.24, 2.45) is 0 Å². The van der Waals surface area contributed by atoms with Gasteiger partial charge in [0.1, 0.15) is 12.4 Å². The van der Waals surface area contributed by atoms with E-state index in [0.717, 1.165) is 29.2 Å². The third kappa shape index (κ3) is 3.43. The van der Waals surface area contributed by atoms with E-state index in [9.17, 15) is 0 Å². The molecule has 0 radical (unpaired) electrons. The van der Waals surface area contributed by atoms with Gasteiger partial charge in [-0.3, -0.25) is 0 Å². The average Bonchev–Trinajstić information content (AvgIpc) is 3.03. The molecule has 0 amide bonds. The number of fused-ring (bicyclic) bond motifs is 1. The molecule has 3 aromatic carbocycles. The Kier molecular flexibility index (Phi) is 4.26. The van der Waals surface area contributed by atoms with Gasteiger partial charge in [-0.2, -0.15) is 0 Å². The molecule has 1 aliphatic carbocycles. The van der Waals surface area contributed by atoms with Crippen LogP contribution in [0.25, 0.3) is 6.08 Å². The van der Waals surface area contributed by atoms with Crippen LogP contribution in [0.1, 0.15) is 23.6 Å². The Hall–Kier alpha value is -3.00. The summed E-state index contributed by atoms with van der Waals surface area (Å²) in [5.74, 6) is 2.37. The summed E-state index contributed by atoms with van der Waals surface area (Å²) < 4.78 is 12.2. The second-order valence-corrected chi connectivity index (χ2v) is 6.32. The van der Waals surface area contributed by atoms with Gasteiger partial charge in [0, 0.05) is 5.56 Å². The van der Waals surface area contributed by atoms with Crippen LogP contribution in [0.3, 0.4) is 0 Å². The largest absolute Gasteiger partial charge is 0.485 e. The molecule has 4 rings (SSSR count). The molecule has 0 saturated carbocycles. The van der Waals surface area contributed by atoms with Gasteiger partial charge < -0.3 is 9.47 Å². The highest BCUT2D eigenvalue weighted by Crippen LogP contribution is 2.38. The SMILES string of the molecule is CC1=Cc2c(cccc2Oc2ccccc2OCc2ccccc2)C1. The predicted octanol–water partition coefficient (Wildman–Crippen LogP) is 6.02. The van der Waals surface area contributed by atoms with Crippen LogP contribution in [0.4, 0.5) is 0 Å². The molecule has 0 unspecified atom stereocenters. The summed E-state index contributed by atoms with van der Waals surface area (Å²) in [7, 11) is 0. The van der Waals surface area contributed by atoms with E-state index in [1.807, 2.05) is 54.6 Å². The first-order chi connectivity index (χ1) is 12.3. The lowest BCUT2D eigenvalue weighted by molar-refractivity contribution is 0.291. The maximum atomic E-state index is 6.22. The maximum absolute atomic E-state index is 6.22. The highest BCUT2D eigenvalue weighted by Gasteiger charge is 2.15. The van der Waals surface area contributed by atoms with Crippen molar-refractivity contribution < 1.29 is 9.47 Å². The quantitative estimate of drug-likeness (QED) is 0.570. The summed E-state index contributed by atoms with van der Waals surface area (Å²) in [6.45, 7) is 2.67. The molecule has 3 aromatic rings. The molecule has 124 valence electrons. The lowest BCUT2D eigenvalue weighted by atomic mass is 10.1. The van der Waals surface area contributed by atoms with E-state index < -0.39 is 0 Å². The van der Waals surface area contributed by atoms with E-state index in [0.29, 0.717) is 6.61 Å². The monoisotopic (exact) mass is 328 g/mol. The van der Waals surface area contributed by atoms with Gasteiger partial charge in [-0.05, 0) is 42.7 Å². The Morgan fingerprint density at radius 2 is 1.48 bits per heavy atom. The summed E-state index contributed by atoms with van der Waals surface area (Å²) in [4.78, 5) is 0. The van der Waals surface area contributed by atoms with Crippen LogP contribution in [0.5, 0.6) is 17.2 Å². The van der Waals surface area contributed by atoms with Crippen molar-refractivity contribution in [3.8, 4) is 17.2 Å². The number of hydrogen-bond donors (Lipinski definition) is 0. The second-order valence-electron chi connectivity index (χ2n) is 6.32. The second kappa shape index (κ2) is 6.86. The van der Waals surface area contributed by atoms with Gasteiger partial charge in [0.25, 0.3) is 0 Å². The number of rotatable bonds is 5. The van der Waals surface area contributed by atoms with Crippen LogP contribution in [0.2, 0.25) is 0 Å². The van der Waals surface area contributed by atoms with E-state index in [4.69, 9.17) is 9.47 Å². The fourth-order valence-electron chi connectivity index (χ4n) is 3.10. The van der Waals surface area contributed by atoms with Gasteiger partial charge in [-0.15, -0.1) is 0 Å². The molecule has 0 atom stereocenters. The predicted molar refractivity (Wildman–Crippen MR) is 101 cm³/mol. The Bertz CT molecular complexity index is 910. The van der Waals surface area contributed by atoms with Crippen LogP contribution < -0.4 is 9.47 Å². The molecule has 0 aromatic heterocycles. The summed E-state index contributed by atoms with van der Waals surface area (Å²) in [5.41, 5.74) is 4.99. The number of ether oxygens (including phenoxy) is 2. The first-order valence-corrected chi connectivity index (χ1v) is 8.52. The van der Waals surface area contributed by atoms with Crippen molar-refractivity contribution in [2.45, 2.75) is 20.0 Å². The minimum absolute atomic E-state index is 0.521. The van der Waals surface area contributed by atoms with E-state index in [1.54, 1.807) is 0 Å². The molecule has 0 spiro atoms. The number of hydrogen-bond acceptors (Lipinski definition) is 2. The van der Waals surface area contributed by atoms with Crippen molar-refractivity contribution in [1.82, 2.24) is 0 Å². The summed E-state index contributed by atoms with van der Waals surface area (Å²) in [6.07, 6.45) is 3.21. The zero-order valence-corrected chi connectivity index (χ0v) is 14.2. The van der Waals surface area contributed by atoms with Crippen LogP contribution in [0.15, 0.2) is 78.4 Å². The van der Waals surface area contributed by atoms with Gasteiger partial charge in [0.2, 0.25) is 0 Å². The highest BCUT2D eigenvalue weighted by molar-refractivity contribution is 5.69. The van der Waals surface area contributed by atoms with E-state index in [2.05, 4.69) is 31.2 Å². The smallest absolute Gasteiger partial charge is 0.169 e. The van der Waals surface area contributed by atoms with Crippen molar-refractivity contribution in [3.63, 3.8) is 0 Å². The Balaban J connectivity index is 1.57. The molecule has 1 aliphatic rings. The average molecular weight is 328 g/mol. The Morgan fingerprint density at radius 1 is 0.760 bits per heavy atom. The van der Waals surface area contributed by atoms with Crippen LogP contribution in [-0.4, -0.2) is 0 Å². The molecule has 0 fully saturated rings. The minimum atomic E-state index is 0.521. The molecular weight excluding hydrogens is 308 g/mol. The highest BCUT2D eigenvalue weighted by atomic mass is 16.5. The molecule has 25 heavy (non-hydrogen) atoms. The zero-order valence-electron chi connectivity index (χ0n) is 14.2. The van der Waals surface area contributed by atoms with Crippen molar-refractivity contribution in [2.75, 3.05) is 0 Å². The summed E-state index contributed by atoms with van der Waals surface area (Å²) in [5, 5.41) is 0. The summed E-state index contributed by atoms with van der Waals surface area (Å²) in [6, 6.07) is 24.2. The molecular formula is C23H20O2. The molecule has 2 nitrogen and oxygen atoms in total. The molecule has 0 bridgehead atoms. The van der Waals surface area contributed by atoms with E-state index in [-0.39, 0.29) is 0 Å². The fraction of sp³-hybridized carbons (Fsp3) is 0.130. The first-order valence-electron chi connectivity index (χ1n) is 8.52. The van der Waals surface area contributed by atoms with Crippen molar-refractivity contribution in [1.29, 1.82) is 0 Å². The molecule has 0 heterocycles. The number of benzene rings is 3. The Morgan fingerprint density at radius 3 is 2.32 bits per heavy atom. The van der Waals surface area contributed by atoms with Crippen molar-refractivity contribution >= 4 is 6.08 Å². The third-order valence-corrected chi connectivity index (χ3v) is 4.32. The lowest BCUT2D eigenvalue weighted by Gasteiger charge is -2.14. The van der Waals surface area contributed by atoms with Gasteiger partial charge in [0.05, 0.1) is 0 Å². The van der Waals surface area contributed by atoms with Crippen LogP contribution in [-0.2, 0) is 13.0 Å². The zero-order chi connectivity index (χ0) is 17.1. The van der Waals surface area contributed by atoms with Crippen molar-refractivity contribution in [3.05, 3.63) is 95.1 Å². The van der Waals surface area contributed by atoms with Gasteiger partial charge in [-0.25, -0.2) is 0 Å². The normalized spacial score (nSPS) is 12.4. The molecule has 0 saturated heterocycles. The lowest BCUT2D eigenvalue weighted by Crippen LogP contribution is -1.98. The van der Waals surface area contributed by atoms with E-state index in [1.165, 1.54) is 16.7 Å². The van der Waals surface area contributed by atoms with Gasteiger partial charge in [0.15, 0.2) is 11.5 Å². The number of allylic oxidation sites excluding steroid dienone is 1. The molecule has 2 heteroatoms. The third-order valence-electron chi connectivity index (χ3n) is 4.32. The van der Waals surface area contributed by atoms with Crippen LogP contribution in [0, 0.1) is 0 Å². The maximum Gasteiger partial charge on any atom is 0.169 e. The fourth-order valence-corrected chi connectivity index (χ4v) is 3.10. The molecule has 0 N–H and O–H groups in total. The van der Waals surface area contributed by atoms with E-state index >= 15 is 0 Å². The molecule has 0 aliphatic heterocycles. The van der Waals surface area contributed by atoms with Gasteiger partial charge in [-0.1, -0.05) is 66.2 Å². The minimum Gasteiger partial charge on any atom is -0.485 e. The summed E-state index contributed by atoms with van der Waals surface area (Å²) >= 11 is 0. The van der Waals surface area contributed by atoms with Gasteiger partial charge >= 0.3 is 0 Å². The topological polar surface area (TPSA) is 18.5 Å².